The highest BCUT2D eigenvalue weighted by molar-refractivity contribution is 4.90. The molecule has 4 heteroatoms. The van der Waals surface area contributed by atoms with Gasteiger partial charge in [0, 0.05) is 0 Å². The summed E-state index contributed by atoms with van der Waals surface area (Å²) in [7, 11) is 0. The second kappa shape index (κ2) is 4.01. The minimum absolute atomic E-state index is 0.271. The number of rotatable bonds is 6. The van der Waals surface area contributed by atoms with Gasteiger partial charge in [0.05, 0.1) is 38.6 Å². The van der Waals surface area contributed by atoms with Gasteiger partial charge in [0.1, 0.15) is 12.2 Å². The Morgan fingerprint density at radius 1 is 1.07 bits per heavy atom. The van der Waals surface area contributed by atoms with Crippen molar-refractivity contribution in [2.45, 2.75) is 37.8 Å². The molecule has 0 N–H and O–H groups in total. The van der Waals surface area contributed by atoms with E-state index < -0.39 is 0 Å². The van der Waals surface area contributed by atoms with E-state index in [2.05, 4.69) is 6.92 Å². The highest BCUT2D eigenvalue weighted by atomic mass is 16.6. The van der Waals surface area contributed by atoms with Crippen molar-refractivity contribution in [1.82, 2.24) is 0 Å². The quantitative estimate of drug-likeness (QED) is 0.607. The Morgan fingerprint density at radius 2 is 1.67 bits per heavy atom. The summed E-state index contributed by atoms with van der Waals surface area (Å²) in [6.45, 7) is 5.41. The Balaban J connectivity index is 1.37. The molecule has 5 atom stereocenters. The predicted octanol–water partition coefficient (Wildman–Crippen LogP) is 0.594. The monoisotopic (exact) mass is 214 g/mol. The summed E-state index contributed by atoms with van der Waals surface area (Å²) < 4.78 is 21.8. The Hall–Kier alpha value is -0.160. The lowest BCUT2D eigenvalue weighted by Gasteiger charge is -2.42. The van der Waals surface area contributed by atoms with Gasteiger partial charge < -0.3 is 18.9 Å². The molecule has 2 aliphatic heterocycles. The predicted molar refractivity (Wildman–Crippen MR) is 52.7 cm³/mol. The van der Waals surface area contributed by atoms with Crippen molar-refractivity contribution < 1.29 is 18.9 Å². The van der Waals surface area contributed by atoms with Crippen LogP contribution in [0, 0.1) is 5.92 Å². The summed E-state index contributed by atoms with van der Waals surface area (Å²) in [6.07, 6.45) is 2.37. The fraction of sp³-hybridized carbons (Fsp3) is 1.00. The first-order valence-corrected chi connectivity index (χ1v) is 5.79. The summed E-state index contributed by atoms with van der Waals surface area (Å²) in [5.74, 6) is 0.619. The highest BCUT2D eigenvalue weighted by Gasteiger charge is 2.42. The zero-order valence-electron chi connectivity index (χ0n) is 9.06. The third kappa shape index (κ3) is 2.50. The van der Waals surface area contributed by atoms with E-state index in [1.54, 1.807) is 0 Å². The molecule has 0 radical (unpaired) electrons. The fourth-order valence-electron chi connectivity index (χ4n) is 2.02. The summed E-state index contributed by atoms with van der Waals surface area (Å²) >= 11 is 0. The van der Waals surface area contributed by atoms with E-state index in [1.807, 2.05) is 0 Å². The Morgan fingerprint density at radius 3 is 2.20 bits per heavy atom. The van der Waals surface area contributed by atoms with Gasteiger partial charge in [-0.2, -0.15) is 0 Å². The van der Waals surface area contributed by atoms with Gasteiger partial charge in [0.2, 0.25) is 0 Å². The van der Waals surface area contributed by atoms with Crippen LogP contribution in [0.4, 0.5) is 0 Å². The SMILES string of the molecule is CC1CC(OCC2CO2)C1OCC1CO1. The third-order valence-corrected chi connectivity index (χ3v) is 3.31. The average molecular weight is 214 g/mol. The van der Waals surface area contributed by atoms with Crippen LogP contribution in [-0.2, 0) is 18.9 Å². The number of epoxide rings is 2. The van der Waals surface area contributed by atoms with Gasteiger partial charge >= 0.3 is 0 Å². The number of hydrogen-bond acceptors (Lipinski definition) is 4. The molecule has 0 spiro atoms. The van der Waals surface area contributed by atoms with Crippen LogP contribution in [0.15, 0.2) is 0 Å². The molecule has 5 unspecified atom stereocenters. The lowest BCUT2D eigenvalue weighted by atomic mass is 9.80. The molecule has 0 aromatic heterocycles. The molecule has 1 saturated carbocycles. The molecule has 2 saturated heterocycles. The van der Waals surface area contributed by atoms with E-state index in [0.717, 1.165) is 32.8 Å². The molecular weight excluding hydrogens is 196 g/mol. The minimum atomic E-state index is 0.271. The Labute approximate surface area is 89.8 Å². The van der Waals surface area contributed by atoms with Crippen LogP contribution in [0.5, 0.6) is 0 Å². The first kappa shape index (κ1) is 10.0. The summed E-state index contributed by atoms with van der Waals surface area (Å²) in [4.78, 5) is 0. The van der Waals surface area contributed by atoms with Crippen LogP contribution in [0.25, 0.3) is 0 Å². The minimum Gasteiger partial charge on any atom is -0.373 e. The molecule has 4 nitrogen and oxygen atoms in total. The molecule has 0 amide bonds. The molecule has 15 heavy (non-hydrogen) atoms. The van der Waals surface area contributed by atoms with Gasteiger partial charge in [0.25, 0.3) is 0 Å². The molecule has 0 bridgehead atoms. The maximum Gasteiger partial charge on any atom is 0.104 e. The van der Waals surface area contributed by atoms with E-state index in [0.29, 0.717) is 18.1 Å². The van der Waals surface area contributed by atoms with E-state index in [-0.39, 0.29) is 12.2 Å². The molecule has 3 rings (SSSR count). The van der Waals surface area contributed by atoms with Gasteiger partial charge in [-0.1, -0.05) is 6.92 Å². The summed E-state index contributed by atoms with van der Waals surface area (Å²) in [6, 6.07) is 0. The van der Waals surface area contributed by atoms with Crippen molar-refractivity contribution in [3.8, 4) is 0 Å². The smallest absolute Gasteiger partial charge is 0.104 e. The molecule has 2 heterocycles. The molecule has 1 aliphatic carbocycles. The van der Waals surface area contributed by atoms with Gasteiger partial charge in [-0.05, 0) is 12.3 Å². The zero-order valence-corrected chi connectivity index (χ0v) is 9.06. The van der Waals surface area contributed by atoms with Gasteiger partial charge in [0.15, 0.2) is 0 Å². The van der Waals surface area contributed by atoms with Gasteiger partial charge in [-0.25, -0.2) is 0 Å². The molecule has 0 aromatic carbocycles. The number of hydrogen-bond donors (Lipinski definition) is 0. The van der Waals surface area contributed by atoms with Crippen molar-refractivity contribution in [2.24, 2.45) is 5.92 Å². The molecule has 3 aliphatic rings. The van der Waals surface area contributed by atoms with Crippen LogP contribution in [0.3, 0.4) is 0 Å². The second-order valence-electron chi connectivity index (χ2n) is 4.79. The average Bonchev–Trinajstić information content (AvgIpc) is 3.04. The van der Waals surface area contributed by atoms with Crippen molar-refractivity contribution in [2.75, 3.05) is 26.4 Å². The largest absolute Gasteiger partial charge is 0.373 e. The van der Waals surface area contributed by atoms with Crippen LogP contribution >= 0.6 is 0 Å². The number of ether oxygens (including phenoxy) is 4. The van der Waals surface area contributed by atoms with E-state index >= 15 is 0 Å². The normalized spacial score (nSPS) is 47.4. The lowest BCUT2D eigenvalue weighted by molar-refractivity contribution is -0.162. The maximum absolute atomic E-state index is 5.79. The maximum atomic E-state index is 5.79. The van der Waals surface area contributed by atoms with E-state index in [4.69, 9.17) is 18.9 Å². The van der Waals surface area contributed by atoms with Crippen LogP contribution in [-0.4, -0.2) is 50.8 Å². The van der Waals surface area contributed by atoms with Crippen LogP contribution in [0.1, 0.15) is 13.3 Å². The molecule has 86 valence electrons. The highest BCUT2D eigenvalue weighted by Crippen LogP contribution is 2.34. The van der Waals surface area contributed by atoms with Crippen molar-refractivity contribution in [3.63, 3.8) is 0 Å². The molecule has 3 fully saturated rings. The van der Waals surface area contributed by atoms with Crippen molar-refractivity contribution in [1.29, 1.82) is 0 Å². The standard InChI is InChI=1S/C11H18O4/c1-7-2-10(14-5-8-3-12-8)11(7)15-6-9-4-13-9/h7-11H,2-6H2,1H3. The van der Waals surface area contributed by atoms with E-state index in [1.165, 1.54) is 0 Å². The van der Waals surface area contributed by atoms with Gasteiger partial charge in [-0.15, -0.1) is 0 Å². The van der Waals surface area contributed by atoms with Crippen molar-refractivity contribution in [3.05, 3.63) is 0 Å². The van der Waals surface area contributed by atoms with Crippen LogP contribution < -0.4 is 0 Å². The van der Waals surface area contributed by atoms with E-state index in [9.17, 15) is 0 Å². The Bertz CT molecular complexity index is 225. The molecular formula is C11H18O4. The third-order valence-electron chi connectivity index (χ3n) is 3.31. The summed E-state index contributed by atoms with van der Waals surface area (Å²) in [5, 5.41) is 0. The Kier molecular flexibility index (Phi) is 2.68. The first-order chi connectivity index (χ1) is 7.33. The van der Waals surface area contributed by atoms with Crippen molar-refractivity contribution >= 4 is 0 Å². The molecule has 0 aromatic rings. The first-order valence-electron chi connectivity index (χ1n) is 5.79. The fourth-order valence-corrected chi connectivity index (χ4v) is 2.02. The van der Waals surface area contributed by atoms with Crippen LogP contribution in [0.2, 0.25) is 0 Å². The van der Waals surface area contributed by atoms with Gasteiger partial charge in [-0.3, -0.25) is 0 Å². The second-order valence-corrected chi connectivity index (χ2v) is 4.79. The summed E-state index contributed by atoms with van der Waals surface area (Å²) in [5.41, 5.74) is 0. The lowest BCUT2D eigenvalue weighted by Crippen LogP contribution is -2.49. The zero-order chi connectivity index (χ0) is 10.3. The topological polar surface area (TPSA) is 43.5 Å².